The Morgan fingerprint density at radius 1 is 0.723 bits per heavy atom. The number of hydrogen-bond donors (Lipinski definition) is 2. The third-order valence-corrected chi connectivity index (χ3v) is 5.85. The second kappa shape index (κ2) is 24.3. The van der Waals surface area contributed by atoms with Gasteiger partial charge in [-0.1, -0.05) is 7.43 Å². The van der Waals surface area contributed by atoms with Gasteiger partial charge in [0.1, 0.15) is 40.1 Å². The van der Waals surface area contributed by atoms with E-state index in [9.17, 15) is 9.59 Å². The quantitative estimate of drug-likeness (QED) is 0.140. The molecule has 2 aromatic rings. The van der Waals surface area contributed by atoms with Gasteiger partial charge in [-0.3, -0.25) is 4.79 Å². The monoisotopic (exact) mass is 668 g/mol. The zero-order valence-electron chi connectivity index (χ0n) is 28.7. The van der Waals surface area contributed by atoms with Crippen LogP contribution in [0.5, 0.6) is 34.5 Å². The van der Waals surface area contributed by atoms with Crippen LogP contribution in [0.1, 0.15) is 58.0 Å². The maximum absolute atomic E-state index is 11.5. The van der Waals surface area contributed by atoms with Crippen LogP contribution in [0.4, 0.5) is 4.79 Å². The molecule has 0 atom stereocenters. The van der Waals surface area contributed by atoms with E-state index >= 15 is 0 Å². The molecule has 1 amide bonds. The molecule has 0 heterocycles. The lowest BCUT2D eigenvalue weighted by Crippen LogP contribution is -2.34. The third-order valence-electron chi connectivity index (χ3n) is 5.85. The van der Waals surface area contributed by atoms with Crippen molar-refractivity contribution in [1.29, 1.82) is 0 Å². The molecule has 2 N–H and O–H groups in total. The van der Waals surface area contributed by atoms with Gasteiger partial charge in [0.15, 0.2) is 6.29 Å². The fourth-order valence-corrected chi connectivity index (χ4v) is 3.88. The number of methoxy groups -OCH3 is 4. The summed E-state index contributed by atoms with van der Waals surface area (Å²) in [6.45, 7) is 13.9. The molecule has 0 aliphatic rings. The van der Waals surface area contributed by atoms with Crippen molar-refractivity contribution in [2.24, 2.45) is 0 Å². The average Bonchev–Trinajstić information content (AvgIpc) is 3.02. The van der Waals surface area contributed by atoms with E-state index in [0.717, 1.165) is 5.56 Å². The van der Waals surface area contributed by atoms with Crippen molar-refractivity contribution in [1.82, 2.24) is 10.6 Å². The van der Waals surface area contributed by atoms with Crippen molar-refractivity contribution >= 4 is 12.4 Å². The van der Waals surface area contributed by atoms with Crippen molar-refractivity contribution in [3.63, 3.8) is 0 Å². The van der Waals surface area contributed by atoms with E-state index in [-0.39, 0.29) is 7.43 Å². The molecule has 2 aromatic carbocycles. The van der Waals surface area contributed by atoms with Gasteiger partial charge < -0.3 is 53.3 Å². The van der Waals surface area contributed by atoms with Crippen molar-refractivity contribution in [3.05, 3.63) is 35.4 Å². The Hall–Kier alpha value is -3.94. The van der Waals surface area contributed by atoms with Crippen LogP contribution in [-0.2, 0) is 20.8 Å². The normalized spacial score (nSPS) is 10.4. The molecule has 0 saturated carbocycles. The van der Waals surface area contributed by atoms with Crippen LogP contribution in [0, 0.1) is 0 Å². The highest BCUT2D eigenvalue weighted by Gasteiger charge is 2.16. The number of alkyl carbamates (subject to hydrolysis) is 1. The van der Waals surface area contributed by atoms with Crippen molar-refractivity contribution < 1.29 is 52.2 Å². The van der Waals surface area contributed by atoms with Crippen LogP contribution in [0.3, 0.4) is 0 Å². The Morgan fingerprint density at radius 3 is 1.57 bits per heavy atom. The molecule has 13 nitrogen and oxygen atoms in total. The molecule has 0 aliphatic heterocycles. The molecule has 0 unspecified atom stereocenters. The van der Waals surface area contributed by atoms with Crippen molar-refractivity contribution in [2.45, 2.75) is 54.2 Å². The summed E-state index contributed by atoms with van der Waals surface area (Å²) in [5.74, 6) is 3.66. The Labute approximate surface area is 280 Å². The zero-order valence-corrected chi connectivity index (χ0v) is 28.7. The number of aldehydes is 1. The van der Waals surface area contributed by atoms with Gasteiger partial charge in [-0.05, 0) is 34.6 Å². The summed E-state index contributed by atoms with van der Waals surface area (Å²) in [6.07, 6.45) is 0.257. The van der Waals surface area contributed by atoms with Crippen molar-refractivity contribution in [3.8, 4) is 34.5 Å². The van der Waals surface area contributed by atoms with Gasteiger partial charge in [0.25, 0.3) is 0 Å². The number of carbonyl (C=O) groups is 2. The van der Waals surface area contributed by atoms with Gasteiger partial charge in [-0.2, -0.15) is 0 Å². The van der Waals surface area contributed by atoms with Crippen LogP contribution >= 0.6 is 0 Å². The number of rotatable bonds is 20. The molecule has 0 spiro atoms. The van der Waals surface area contributed by atoms with Gasteiger partial charge in [0.2, 0.25) is 0 Å². The minimum atomic E-state index is -0.504. The number of amides is 1. The molecule has 0 aliphatic carbocycles. The third kappa shape index (κ3) is 17.0. The van der Waals surface area contributed by atoms with E-state index in [1.165, 1.54) is 14.2 Å². The minimum Gasteiger partial charge on any atom is -0.496 e. The first-order chi connectivity index (χ1) is 22.1. The fourth-order valence-electron chi connectivity index (χ4n) is 3.88. The molecule has 13 heteroatoms. The highest BCUT2D eigenvalue weighted by atomic mass is 16.6. The van der Waals surface area contributed by atoms with E-state index in [1.807, 2.05) is 46.8 Å². The summed E-state index contributed by atoms with van der Waals surface area (Å²) >= 11 is 0. The second-order valence-corrected chi connectivity index (χ2v) is 10.4. The Balaban J connectivity index is 0.00000111. The van der Waals surface area contributed by atoms with Crippen LogP contribution < -0.4 is 39.1 Å². The number of nitrogens with one attached hydrogen (secondary N) is 2. The summed E-state index contributed by atoms with van der Waals surface area (Å²) in [7, 11) is 6.25. The molecule has 47 heavy (non-hydrogen) atoms. The molecule has 0 radical (unpaired) electrons. The van der Waals surface area contributed by atoms with Crippen LogP contribution in [0.15, 0.2) is 24.3 Å². The highest BCUT2D eigenvalue weighted by molar-refractivity contribution is 5.84. The number of benzene rings is 2. The fraction of sp³-hybridized carbons (Fsp3) is 0.588. The van der Waals surface area contributed by atoms with Gasteiger partial charge >= 0.3 is 6.09 Å². The van der Waals surface area contributed by atoms with Crippen LogP contribution in [0.2, 0.25) is 0 Å². The van der Waals surface area contributed by atoms with Gasteiger partial charge in [-0.25, -0.2) is 4.79 Å². The van der Waals surface area contributed by atoms with E-state index in [2.05, 4.69) is 10.6 Å². The lowest BCUT2D eigenvalue weighted by atomic mass is 10.1. The van der Waals surface area contributed by atoms with Gasteiger partial charge in [0.05, 0.1) is 79.2 Å². The summed E-state index contributed by atoms with van der Waals surface area (Å²) < 4.78 is 48.1. The summed E-state index contributed by atoms with van der Waals surface area (Å²) in [6, 6.07) is 7.04. The average molecular weight is 669 g/mol. The largest absolute Gasteiger partial charge is 0.496 e. The first-order valence-electron chi connectivity index (χ1n) is 15.1. The lowest BCUT2D eigenvalue weighted by molar-refractivity contribution is 0.0403. The maximum atomic E-state index is 11.5. The maximum Gasteiger partial charge on any atom is 0.407 e. The second-order valence-electron chi connectivity index (χ2n) is 10.4. The minimum absolute atomic E-state index is 0. The molecule has 0 saturated heterocycles. The summed E-state index contributed by atoms with van der Waals surface area (Å²) in [5, 5.41) is 5.95. The molecule has 2 rings (SSSR count). The predicted molar refractivity (Wildman–Crippen MR) is 181 cm³/mol. The lowest BCUT2D eigenvalue weighted by Gasteiger charge is -2.19. The Bertz CT molecular complexity index is 1120. The molecular formula is C34H56N2O11. The summed E-state index contributed by atoms with van der Waals surface area (Å²) in [5.41, 5.74) is 0.813. The van der Waals surface area contributed by atoms with Gasteiger partial charge in [-0.15, -0.1) is 0 Å². The van der Waals surface area contributed by atoms with E-state index in [1.54, 1.807) is 26.4 Å². The zero-order chi connectivity index (χ0) is 34.4. The van der Waals surface area contributed by atoms with Crippen LogP contribution in [-0.4, -0.2) is 99.2 Å². The van der Waals surface area contributed by atoms with Gasteiger partial charge in [0, 0.05) is 43.9 Å². The molecule has 0 aromatic heterocycles. The molecule has 268 valence electrons. The van der Waals surface area contributed by atoms with E-state index in [4.69, 9.17) is 42.6 Å². The molecule has 0 bridgehead atoms. The van der Waals surface area contributed by atoms with Crippen molar-refractivity contribution in [2.75, 3.05) is 81.2 Å². The smallest absolute Gasteiger partial charge is 0.407 e. The summed E-state index contributed by atoms with van der Waals surface area (Å²) in [4.78, 5) is 22.3. The standard InChI is InChI=1S/C22H38N2O7.C11H14O4.CH4/c1-7-30-17-14-19(26-5)18(20(15-17)27-6)16-23-8-10-28-12-13-29-11-9-24-21(25)31-22(2,3)4;1-4-15-8-5-10(13-2)9(7-12)11(6-8)14-3;/h14-15,23H,7-13,16H2,1-6H3,(H,24,25);5-7H,4H2,1-3H3;1H4. The number of hydrogen-bond acceptors (Lipinski definition) is 12. The Morgan fingerprint density at radius 2 is 1.17 bits per heavy atom. The van der Waals surface area contributed by atoms with Crippen LogP contribution in [0.25, 0.3) is 0 Å². The Kier molecular flexibility index (Phi) is 22.2. The van der Waals surface area contributed by atoms with E-state index < -0.39 is 11.7 Å². The SMILES string of the molecule is C.CCOc1cc(OC)c(C=O)c(OC)c1.CCOc1cc(OC)c(CNCCOCCOCCNC(=O)OC(C)(C)C)c(OC)c1. The number of carbonyl (C=O) groups excluding carboxylic acids is 2. The first-order valence-corrected chi connectivity index (χ1v) is 15.1. The topological polar surface area (TPSA) is 141 Å². The predicted octanol–water partition coefficient (Wildman–Crippen LogP) is 5.30. The first kappa shape index (κ1) is 43.1. The molecular weight excluding hydrogens is 612 g/mol. The number of ether oxygens (including phenoxy) is 9. The highest BCUT2D eigenvalue weighted by Crippen LogP contribution is 2.34. The molecule has 0 fully saturated rings. The van der Waals surface area contributed by atoms with E-state index in [0.29, 0.717) is 106 Å².